The van der Waals surface area contributed by atoms with E-state index in [-0.39, 0.29) is 29.6 Å². The van der Waals surface area contributed by atoms with Crippen LogP contribution in [0.1, 0.15) is 56.7 Å². The van der Waals surface area contributed by atoms with E-state index in [2.05, 4.69) is 11.9 Å². The van der Waals surface area contributed by atoms with Gasteiger partial charge in [0.2, 0.25) is 5.91 Å². The fourth-order valence-corrected chi connectivity index (χ4v) is 4.11. The molecule has 2 amide bonds. The normalized spacial score (nSPS) is 18.5. The maximum Gasteiger partial charge on any atom is 0.416 e. The fraction of sp³-hybridized carbons (Fsp3) is 0.292. The zero-order valence-corrected chi connectivity index (χ0v) is 17.2. The molecule has 4 rings (SSSR count). The number of amides is 2. The molecule has 2 aromatic rings. The number of Topliss-reactive ketones (excluding diaryl/α,β-unsaturated/α-hetero) is 1. The summed E-state index contributed by atoms with van der Waals surface area (Å²) in [4.78, 5) is 39.0. The van der Waals surface area contributed by atoms with Crippen LogP contribution in [0.25, 0.3) is 0 Å². The number of fused-ring (bicyclic) bond motifs is 1. The average Bonchev–Trinajstić information content (AvgIpc) is 3.07. The van der Waals surface area contributed by atoms with E-state index in [1.165, 1.54) is 12.1 Å². The van der Waals surface area contributed by atoms with Crippen LogP contribution in [0.3, 0.4) is 0 Å². The molecule has 8 heteroatoms. The first-order valence-corrected chi connectivity index (χ1v) is 10.3. The number of carbonyl (C=O) groups is 3. The molecule has 166 valence electrons. The lowest BCUT2D eigenvalue weighted by Crippen LogP contribution is -2.49. The number of benzene rings is 2. The molecule has 1 fully saturated rings. The number of piperidine rings is 1. The number of nitrogens with zero attached hydrogens (tertiary/aromatic N) is 1. The fourth-order valence-electron chi connectivity index (χ4n) is 4.11. The maximum absolute atomic E-state index is 12.8. The number of carbonyl (C=O) groups excluding carboxylic acids is 3. The number of hydrogen-bond acceptors (Lipinski definition) is 3. The highest BCUT2D eigenvalue weighted by Gasteiger charge is 2.38. The van der Waals surface area contributed by atoms with Gasteiger partial charge in [0.15, 0.2) is 5.78 Å². The Bertz CT molecular complexity index is 1110. The molecule has 0 aromatic heterocycles. The summed E-state index contributed by atoms with van der Waals surface area (Å²) in [5.41, 5.74) is 2.27. The lowest BCUT2D eigenvalue weighted by atomic mass is 9.99. The van der Waals surface area contributed by atoms with Crippen molar-refractivity contribution in [1.29, 1.82) is 0 Å². The van der Waals surface area contributed by atoms with Gasteiger partial charge in [0, 0.05) is 29.8 Å². The molecular weight excluding hydrogens is 421 g/mol. The van der Waals surface area contributed by atoms with E-state index in [0.29, 0.717) is 37.1 Å². The number of rotatable bonds is 5. The minimum atomic E-state index is -4.44. The Balaban J connectivity index is 1.40. The Hall–Kier alpha value is -3.42. The van der Waals surface area contributed by atoms with Crippen molar-refractivity contribution < 1.29 is 27.6 Å². The number of alkyl halides is 3. The summed E-state index contributed by atoms with van der Waals surface area (Å²) in [6, 6.07) is 8.97. The summed E-state index contributed by atoms with van der Waals surface area (Å²) in [6.07, 6.45) is -2.77. The minimum absolute atomic E-state index is 0.134. The Kier molecular flexibility index (Phi) is 5.62. The average molecular weight is 442 g/mol. The first kappa shape index (κ1) is 21.8. The third kappa shape index (κ3) is 4.30. The summed E-state index contributed by atoms with van der Waals surface area (Å²) < 4.78 is 38.0. The molecule has 1 saturated heterocycles. The molecule has 0 bridgehead atoms. The van der Waals surface area contributed by atoms with Gasteiger partial charge in [-0.2, -0.15) is 13.2 Å². The number of nitrogens with one attached hydrogen (secondary N) is 1. The highest BCUT2D eigenvalue weighted by atomic mass is 19.4. The summed E-state index contributed by atoms with van der Waals surface area (Å²) in [5.74, 6) is -0.680. The number of allylic oxidation sites excluding steroid dienone is 1. The third-order valence-electron chi connectivity index (χ3n) is 5.87. The predicted molar refractivity (Wildman–Crippen MR) is 111 cm³/mol. The van der Waals surface area contributed by atoms with Crippen molar-refractivity contribution in [2.24, 2.45) is 0 Å². The van der Waals surface area contributed by atoms with Crippen LogP contribution in [-0.2, 0) is 23.9 Å². The van der Waals surface area contributed by atoms with Crippen LogP contribution < -0.4 is 5.32 Å². The van der Waals surface area contributed by atoms with Crippen molar-refractivity contribution in [2.45, 2.75) is 44.4 Å². The van der Waals surface area contributed by atoms with Gasteiger partial charge in [-0.15, -0.1) is 0 Å². The van der Waals surface area contributed by atoms with E-state index in [4.69, 9.17) is 0 Å². The van der Waals surface area contributed by atoms with Gasteiger partial charge in [-0.3, -0.25) is 14.4 Å². The molecule has 1 unspecified atom stereocenters. The molecule has 2 heterocycles. The van der Waals surface area contributed by atoms with E-state index >= 15 is 0 Å². The largest absolute Gasteiger partial charge is 0.416 e. The van der Waals surface area contributed by atoms with E-state index < -0.39 is 17.8 Å². The molecule has 32 heavy (non-hydrogen) atoms. The maximum atomic E-state index is 12.8. The third-order valence-corrected chi connectivity index (χ3v) is 5.87. The van der Waals surface area contributed by atoms with Crippen LogP contribution in [-0.4, -0.2) is 28.5 Å². The van der Waals surface area contributed by atoms with Crippen molar-refractivity contribution in [3.8, 4) is 0 Å². The van der Waals surface area contributed by atoms with E-state index in [9.17, 15) is 27.6 Å². The first-order chi connectivity index (χ1) is 15.1. The second-order valence-corrected chi connectivity index (χ2v) is 8.07. The molecule has 5 nitrogen and oxygen atoms in total. The molecular formula is C24H21F3N2O3. The van der Waals surface area contributed by atoms with Gasteiger partial charge in [0.25, 0.3) is 5.91 Å². The second kappa shape index (κ2) is 8.26. The number of ketones is 1. The van der Waals surface area contributed by atoms with Crippen molar-refractivity contribution in [2.75, 3.05) is 0 Å². The highest BCUT2D eigenvalue weighted by molar-refractivity contribution is 6.01. The van der Waals surface area contributed by atoms with Crippen LogP contribution in [0, 0.1) is 0 Å². The SMILES string of the molecule is C=C1CCC(N2Cc3cc(CCC(=O)c4ccc(C(F)(F)F)cc4)ccc3C2=O)C(=O)N1. The number of hydrogen-bond donors (Lipinski definition) is 1. The van der Waals surface area contributed by atoms with Crippen LogP contribution >= 0.6 is 0 Å². The summed E-state index contributed by atoms with van der Waals surface area (Å²) in [7, 11) is 0. The first-order valence-electron chi connectivity index (χ1n) is 10.3. The Morgan fingerprint density at radius 1 is 1.12 bits per heavy atom. The number of halogens is 3. The van der Waals surface area contributed by atoms with E-state index in [1.54, 1.807) is 17.0 Å². The lowest BCUT2D eigenvalue weighted by Gasteiger charge is -2.30. The van der Waals surface area contributed by atoms with Crippen LogP contribution in [0.5, 0.6) is 0 Å². The molecule has 0 saturated carbocycles. The standard InChI is InChI=1S/C24H21F3N2O3/c1-14-2-10-20(22(31)28-14)29-13-17-12-15(3-9-19(17)23(29)32)4-11-21(30)16-5-7-18(8-6-16)24(25,26)27/h3,5-9,12,20H,1-2,4,10-11,13H2,(H,28,31). The van der Waals surface area contributed by atoms with Crippen molar-refractivity contribution in [3.63, 3.8) is 0 Å². The zero-order valence-electron chi connectivity index (χ0n) is 17.2. The van der Waals surface area contributed by atoms with Gasteiger partial charge in [0.05, 0.1) is 5.56 Å². The molecule has 0 aliphatic carbocycles. The van der Waals surface area contributed by atoms with E-state index in [0.717, 1.165) is 23.3 Å². The van der Waals surface area contributed by atoms with Crippen LogP contribution in [0.2, 0.25) is 0 Å². The molecule has 1 N–H and O–H groups in total. The van der Waals surface area contributed by atoms with Gasteiger partial charge in [-0.1, -0.05) is 30.8 Å². The van der Waals surface area contributed by atoms with E-state index in [1.807, 2.05) is 6.07 Å². The molecule has 1 atom stereocenters. The Labute approximate surface area is 182 Å². The topological polar surface area (TPSA) is 66.5 Å². The predicted octanol–water partition coefficient (Wildman–Crippen LogP) is 4.27. The van der Waals surface area contributed by atoms with Crippen molar-refractivity contribution in [1.82, 2.24) is 10.2 Å². The van der Waals surface area contributed by atoms with Crippen LogP contribution in [0.15, 0.2) is 54.7 Å². The highest BCUT2D eigenvalue weighted by Crippen LogP contribution is 2.30. The summed E-state index contributed by atoms with van der Waals surface area (Å²) in [6.45, 7) is 4.07. The van der Waals surface area contributed by atoms with Gasteiger partial charge >= 0.3 is 6.18 Å². The van der Waals surface area contributed by atoms with Gasteiger partial charge in [-0.25, -0.2) is 0 Å². The van der Waals surface area contributed by atoms with Gasteiger partial charge in [0.1, 0.15) is 6.04 Å². The molecule has 0 spiro atoms. The smallest absolute Gasteiger partial charge is 0.329 e. The number of aryl methyl sites for hydroxylation is 1. The van der Waals surface area contributed by atoms with Crippen molar-refractivity contribution >= 4 is 17.6 Å². The lowest BCUT2D eigenvalue weighted by molar-refractivity contribution is -0.137. The summed E-state index contributed by atoms with van der Waals surface area (Å²) >= 11 is 0. The monoisotopic (exact) mass is 442 g/mol. The Morgan fingerprint density at radius 3 is 2.50 bits per heavy atom. The van der Waals surface area contributed by atoms with Gasteiger partial charge in [-0.05, 0) is 48.6 Å². The summed E-state index contributed by atoms with van der Waals surface area (Å²) in [5, 5.41) is 2.70. The molecule has 2 aliphatic heterocycles. The zero-order chi connectivity index (χ0) is 23.0. The van der Waals surface area contributed by atoms with Crippen molar-refractivity contribution in [3.05, 3.63) is 82.6 Å². The quantitative estimate of drug-likeness (QED) is 0.704. The molecule has 2 aliphatic rings. The minimum Gasteiger partial charge on any atom is -0.329 e. The second-order valence-electron chi connectivity index (χ2n) is 8.07. The Morgan fingerprint density at radius 2 is 1.84 bits per heavy atom. The molecule has 0 radical (unpaired) electrons. The van der Waals surface area contributed by atoms with Gasteiger partial charge < -0.3 is 10.2 Å². The molecule has 2 aromatic carbocycles. The van der Waals surface area contributed by atoms with Crippen LogP contribution in [0.4, 0.5) is 13.2 Å².